The maximum Gasteiger partial charge on any atom is 0.310 e. The topological polar surface area (TPSA) is 37.3 Å². The quantitative estimate of drug-likeness (QED) is 0.636. The van der Waals surface area contributed by atoms with Gasteiger partial charge < -0.3 is 5.11 Å². The molecule has 0 aromatic heterocycles. The van der Waals surface area contributed by atoms with E-state index in [1.807, 2.05) is 20.8 Å². The Hall–Kier alpha value is -0.790. The average molecular weight is 156 g/mol. The Morgan fingerprint density at radius 1 is 1.64 bits per heavy atom. The highest BCUT2D eigenvalue weighted by Crippen LogP contribution is 2.24. The third-order valence-electron chi connectivity index (χ3n) is 1.43. The summed E-state index contributed by atoms with van der Waals surface area (Å²) < 4.78 is 0. The largest absolute Gasteiger partial charge is 0.481 e. The van der Waals surface area contributed by atoms with E-state index in [-0.39, 0.29) is 5.41 Å². The van der Waals surface area contributed by atoms with E-state index >= 15 is 0 Å². The molecule has 0 saturated heterocycles. The molecule has 11 heavy (non-hydrogen) atoms. The maximum absolute atomic E-state index is 10.5. The number of hydrogen-bond acceptors (Lipinski definition) is 1. The fourth-order valence-electron chi connectivity index (χ4n) is 0.931. The molecule has 2 nitrogen and oxygen atoms in total. The number of carboxylic acids is 1. The van der Waals surface area contributed by atoms with E-state index in [2.05, 4.69) is 6.58 Å². The second-order valence-corrected chi connectivity index (χ2v) is 3.95. The lowest BCUT2D eigenvalue weighted by Crippen LogP contribution is -2.18. The van der Waals surface area contributed by atoms with Crippen LogP contribution >= 0.6 is 0 Å². The number of carbonyl (C=O) groups is 1. The first-order valence-electron chi connectivity index (χ1n) is 3.72. The van der Waals surface area contributed by atoms with Gasteiger partial charge in [0.05, 0.1) is 5.92 Å². The van der Waals surface area contributed by atoms with Gasteiger partial charge in [-0.15, -0.1) is 6.58 Å². The lowest BCUT2D eigenvalue weighted by molar-refractivity contribution is -0.140. The van der Waals surface area contributed by atoms with Crippen molar-refractivity contribution in [3.63, 3.8) is 0 Å². The highest BCUT2D eigenvalue weighted by atomic mass is 16.4. The molecule has 1 N–H and O–H groups in total. The van der Waals surface area contributed by atoms with E-state index in [9.17, 15) is 4.79 Å². The first-order chi connectivity index (χ1) is 4.87. The van der Waals surface area contributed by atoms with Crippen molar-refractivity contribution in [1.82, 2.24) is 0 Å². The Balaban J connectivity index is 4.10. The molecule has 0 bridgehead atoms. The third-order valence-corrected chi connectivity index (χ3v) is 1.43. The molecule has 2 heteroatoms. The molecule has 1 atom stereocenters. The summed E-state index contributed by atoms with van der Waals surface area (Å²) >= 11 is 0. The minimum atomic E-state index is -0.782. The van der Waals surface area contributed by atoms with Crippen molar-refractivity contribution in [2.75, 3.05) is 0 Å². The number of carboxylic acid groups (broad SMARTS) is 1. The monoisotopic (exact) mass is 156 g/mol. The molecule has 0 amide bonds. The predicted molar refractivity (Wildman–Crippen MR) is 45.4 cm³/mol. The number of rotatable bonds is 3. The molecule has 0 rings (SSSR count). The minimum absolute atomic E-state index is 0.0528. The van der Waals surface area contributed by atoms with Crippen LogP contribution in [0.1, 0.15) is 27.2 Å². The summed E-state index contributed by atoms with van der Waals surface area (Å²) in [6.07, 6.45) is 2.14. The molecular formula is C9H16O2. The van der Waals surface area contributed by atoms with E-state index in [4.69, 9.17) is 5.11 Å². The lowest BCUT2D eigenvalue weighted by atomic mass is 9.85. The van der Waals surface area contributed by atoms with E-state index < -0.39 is 11.9 Å². The SMILES string of the molecule is C=CC(CC(C)(C)C)C(=O)O. The maximum atomic E-state index is 10.5. The Morgan fingerprint density at radius 3 is 2.18 bits per heavy atom. The van der Waals surface area contributed by atoms with Crippen molar-refractivity contribution in [3.05, 3.63) is 12.7 Å². The number of aliphatic carboxylic acids is 1. The molecule has 64 valence electrons. The Bertz CT molecular complexity index is 153. The smallest absolute Gasteiger partial charge is 0.310 e. The fraction of sp³-hybridized carbons (Fsp3) is 0.667. The van der Waals surface area contributed by atoms with Crippen molar-refractivity contribution in [1.29, 1.82) is 0 Å². The van der Waals surface area contributed by atoms with Crippen molar-refractivity contribution in [2.24, 2.45) is 11.3 Å². The zero-order valence-electron chi connectivity index (χ0n) is 7.42. The van der Waals surface area contributed by atoms with Gasteiger partial charge in [0.15, 0.2) is 0 Å². The van der Waals surface area contributed by atoms with Gasteiger partial charge in [0.25, 0.3) is 0 Å². The molecule has 0 heterocycles. The molecule has 0 aromatic carbocycles. The van der Waals surface area contributed by atoms with Gasteiger partial charge in [0.1, 0.15) is 0 Å². The molecule has 0 aliphatic rings. The van der Waals surface area contributed by atoms with Crippen LogP contribution < -0.4 is 0 Å². The van der Waals surface area contributed by atoms with Gasteiger partial charge in [0.2, 0.25) is 0 Å². The van der Waals surface area contributed by atoms with E-state index in [1.165, 1.54) is 6.08 Å². The van der Waals surface area contributed by atoms with Crippen LogP contribution in [-0.2, 0) is 4.79 Å². The average Bonchev–Trinajstić information content (AvgIpc) is 1.80. The van der Waals surface area contributed by atoms with Gasteiger partial charge >= 0.3 is 5.97 Å². The summed E-state index contributed by atoms with van der Waals surface area (Å²) in [5, 5.41) is 8.67. The van der Waals surface area contributed by atoms with Crippen LogP contribution in [0.2, 0.25) is 0 Å². The summed E-state index contributed by atoms with van der Waals surface area (Å²) in [4.78, 5) is 10.5. The van der Waals surface area contributed by atoms with Crippen molar-refractivity contribution in [3.8, 4) is 0 Å². The number of hydrogen-bond donors (Lipinski definition) is 1. The zero-order valence-corrected chi connectivity index (χ0v) is 7.42. The van der Waals surface area contributed by atoms with Crippen LogP contribution in [0.4, 0.5) is 0 Å². The lowest BCUT2D eigenvalue weighted by Gasteiger charge is -2.20. The second kappa shape index (κ2) is 3.56. The molecule has 1 unspecified atom stereocenters. The predicted octanol–water partition coefficient (Wildman–Crippen LogP) is 2.31. The second-order valence-electron chi connectivity index (χ2n) is 3.95. The van der Waals surface area contributed by atoms with Gasteiger partial charge in [-0.2, -0.15) is 0 Å². The molecular weight excluding hydrogens is 140 g/mol. The van der Waals surface area contributed by atoms with Crippen LogP contribution in [0, 0.1) is 11.3 Å². The molecule has 0 radical (unpaired) electrons. The molecule has 0 aliphatic heterocycles. The first kappa shape index (κ1) is 10.2. The third kappa shape index (κ3) is 4.59. The van der Waals surface area contributed by atoms with Gasteiger partial charge in [-0.25, -0.2) is 0 Å². The Labute approximate surface area is 67.9 Å². The van der Waals surface area contributed by atoms with Crippen LogP contribution in [-0.4, -0.2) is 11.1 Å². The highest BCUT2D eigenvalue weighted by Gasteiger charge is 2.21. The normalized spacial score (nSPS) is 14.1. The van der Waals surface area contributed by atoms with Gasteiger partial charge in [0, 0.05) is 0 Å². The van der Waals surface area contributed by atoms with Gasteiger partial charge in [-0.05, 0) is 11.8 Å². The van der Waals surface area contributed by atoms with Crippen LogP contribution in [0.15, 0.2) is 12.7 Å². The van der Waals surface area contributed by atoms with Crippen molar-refractivity contribution in [2.45, 2.75) is 27.2 Å². The van der Waals surface area contributed by atoms with E-state index in [1.54, 1.807) is 0 Å². The van der Waals surface area contributed by atoms with Gasteiger partial charge in [-0.3, -0.25) is 4.79 Å². The zero-order chi connectivity index (χ0) is 9.07. The first-order valence-corrected chi connectivity index (χ1v) is 3.72. The molecule has 0 aromatic rings. The molecule has 0 spiro atoms. The van der Waals surface area contributed by atoms with E-state index in [0.29, 0.717) is 6.42 Å². The van der Waals surface area contributed by atoms with Crippen LogP contribution in [0.25, 0.3) is 0 Å². The Kier molecular flexibility index (Phi) is 3.30. The van der Waals surface area contributed by atoms with Crippen LogP contribution in [0.5, 0.6) is 0 Å². The van der Waals surface area contributed by atoms with E-state index in [0.717, 1.165) is 0 Å². The summed E-state index contributed by atoms with van der Waals surface area (Å²) in [5.74, 6) is -1.19. The molecule has 0 saturated carbocycles. The summed E-state index contributed by atoms with van der Waals surface area (Å²) in [6, 6.07) is 0. The minimum Gasteiger partial charge on any atom is -0.481 e. The summed E-state index contributed by atoms with van der Waals surface area (Å²) in [6.45, 7) is 9.55. The molecule has 0 fully saturated rings. The standard InChI is InChI=1S/C9H16O2/c1-5-7(8(10)11)6-9(2,3)4/h5,7H,1,6H2,2-4H3,(H,10,11). The summed E-state index contributed by atoms with van der Waals surface area (Å²) in [5.41, 5.74) is 0.0528. The van der Waals surface area contributed by atoms with Crippen molar-refractivity contribution < 1.29 is 9.90 Å². The molecule has 0 aliphatic carbocycles. The Morgan fingerprint density at radius 2 is 2.09 bits per heavy atom. The summed E-state index contributed by atoms with van der Waals surface area (Å²) in [7, 11) is 0. The fourth-order valence-corrected chi connectivity index (χ4v) is 0.931. The van der Waals surface area contributed by atoms with Crippen molar-refractivity contribution >= 4 is 5.97 Å². The van der Waals surface area contributed by atoms with Crippen LogP contribution in [0.3, 0.4) is 0 Å². The highest BCUT2D eigenvalue weighted by molar-refractivity contribution is 5.71. The van der Waals surface area contributed by atoms with Gasteiger partial charge in [-0.1, -0.05) is 26.8 Å².